The topological polar surface area (TPSA) is 57.9 Å². The Morgan fingerprint density at radius 2 is 2.27 bits per heavy atom. The fourth-order valence-electron chi connectivity index (χ4n) is 1.58. The van der Waals surface area contributed by atoms with Gasteiger partial charge in [0, 0.05) is 6.20 Å². The Morgan fingerprint density at radius 3 is 3.13 bits per heavy atom. The van der Waals surface area contributed by atoms with E-state index in [1.165, 1.54) is 0 Å². The van der Waals surface area contributed by atoms with Gasteiger partial charge in [0.05, 0.1) is 18.1 Å². The predicted molar refractivity (Wildman–Crippen MR) is 59.4 cm³/mol. The second-order valence-corrected chi connectivity index (χ2v) is 3.07. The molecular formula is C9H7ClN4O. The predicted octanol–water partition coefficient (Wildman–Crippen LogP) is 0.964. The van der Waals surface area contributed by atoms with Gasteiger partial charge in [0.15, 0.2) is 5.84 Å². The van der Waals surface area contributed by atoms with Crippen LogP contribution in [0.15, 0.2) is 28.4 Å². The Bertz CT molecular complexity index is 483. The van der Waals surface area contributed by atoms with Crippen molar-refractivity contribution in [3.05, 3.63) is 18.5 Å². The van der Waals surface area contributed by atoms with Crippen molar-refractivity contribution >= 4 is 41.7 Å². The van der Waals surface area contributed by atoms with Crippen LogP contribution in [0.5, 0.6) is 0 Å². The molecule has 5 nitrogen and oxygen atoms in total. The van der Waals surface area contributed by atoms with E-state index in [1.807, 2.05) is 11.0 Å². The number of amidine groups is 1. The molecule has 0 aromatic carbocycles. The van der Waals surface area contributed by atoms with E-state index in [-0.39, 0.29) is 18.3 Å². The fraction of sp³-hybridized carbons (Fsp3) is 0.111. The highest BCUT2D eigenvalue weighted by molar-refractivity contribution is 6.42. The molecule has 1 amide bonds. The third-order valence-electron chi connectivity index (χ3n) is 2.20. The van der Waals surface area contributed by atoms with E-state index in [0.717, 1.165) is 11.4 Å². The standard InChI is InChI=1S/C9H6N4O.ClH/c14-9-5-13-7-1-2-10-3-6(7)11-4-8(13)12-9;/h1-4H,5H2;1H. The fourth-order valence-corrected chi connectivity index (χ4v) is 1.58. The van der Waals surface area contributed by atoms with Crippen molar-refractivity contribution in [1.82, 2.24) is 4.98 Å². The summed E-state index contributed by atoms with van der Waals surface area (Å²) in [6.45, 7) is 0.304. The van der Waals surface area contributed by atoms with E-state index in [2.05, 4.69) is 15.0 Å². The maximum atomic E-state index is 11.1. The minimum absolute atomic E-state index is 0. The molecule has 0 N–H and O–H groups in total. The van der Waals surface area contributed by atoms with Gasteiger partial charge in [-0.1, -0.05) is 0 Å². The molecule has 76 valence electrons. The third-order valence-corrected chi connectivity index (χ3v) is 2.20. The van der Waals surface area contributed by atoms with Crippen LogP contribution in [0.1, 0.15) is 0 Å². The highest BCUT2D eigenvalue weighted by atomic mass is 35.5. The van der Waals surface area contributed by atoms with Gasteiger partial charge in [0.25, 0.3) is 5.91 Å². The minimum atomic E-state index is -0.129. The Hall–Kier alpha value is -1.75. The number of hydrogen-bond donors (Lipinski definition) is 0. The number of hydrogen-bond acceptors (Lipinski definition) is 4. The average Bonchev–Trinajstić information content (AvgIpc) is 2.59. The van der Waals surface area contributed by atoms with Crippen LogP contribution in [0.2, 0.25) is 0 Å². The van der Waals surface area contributed by atoms with Gasteiger partial charge in [-0.05, 0) is 6.07 Å². The van der Waals surface area contributed by atoms with Crippen LogP contribution >= 0.6 is 12.4 Å². The number of halogens is 1. The highest BCUT2D eigenvalue weighted by Gasteiger charge is 2.27. The van der Waals surface area contributed by atoms with E-state index in [0.29, 0.717) is 12.4 Å². The lowest BCUT2D eigenvalue weighted by Gasteiger charge is -2.21. The summed E-state index contributed by atoms with van der Waals surface area (Å²) in [6, 6.07) is 1.83. The summed E-state index contributed by atoms with van der Waals surface area (Å²) in [4.78, 5) is 24.9. The number of pyridine rings is 1. The van der Waals surface area contributed by atoms with E-state index in [1.54, 1.807) is 18.6 Å². The van der Waals surface area contributed by atoms with Crippen molar-refractivity contribution in [3.63, 3.8) is 0 Å². The molecule has 0 saturated carbocycles. The molecule has 1 aromatic rings. The van der Waals surface area contributed by atoms with Gasteiger partial charge in [-0.2, -0.15) is 4.99 Å². The zero-order chi connectivity index (χ0) is 9.54. The van der Waals surface area contributed by atoms with Crippen molar-refractivity contribution in [1.29, 1.82) is 0 Å². The van der Waals surface area contributed by atoms with Crippen molar-refractivity contribution in [3.8, 4) is 0 Å². The summed E-state index contributed by atoms with van der Waals surface area (Å²) in [5.41, 5.74) is 1.67. The first-order chi connectivity index (χ1) is 6.84. The van der Waals surface area contributed by atoms with E-state index < -0.39 is 0 Å². The minimum Gasteiger partial charge on any atom is -0.313 e. The zero-order valence-corrected chi connectivity index (χ0v) is 8.44. The Balaban J connectivity index is 0.000000853. The van der Waals surface area contributed by atoms with E-state index in [9.17, 15) is 4.79 Å². The smallest absolute Gasteiger partial charge is 0.267 e. The van der Waals surface area contributed by atoms with Gasteiger partial charge in [-0.15, -0.1) is 12.4 Å². The zero-order valence-electron chi connectivity index (χ0n) is 7.62. The SMILES string of the molecule is Cl.O=C1CN2C(=N1)C=Nc1cnccc12. The molecule has 3 heterocycles. The number of aromatic nitrogens is 1. The van der Waals surface area contributed by atoms with Gasteiger partial charge in [0.2, 0.25) is 0 Å². The summed E-state index contributed by atoms with van der Waals surface area (Å²) in [5.74, 6) is 0.491. The summed E-state index contributed by atoms with van der Waals surface area (Å²) in [7, 11) is 0. The number of amides is 1. The van der Waals surface area contributed by atoms with Crippen LogP contribution in [-0.2, 0) is 4.79 Å². The molecule has 0 aliphatic carbocycles. The summed E-state index contributed by atoms with van der Waals surface area (Å²) in [5, 5.41) is 0. The molecule has 0 spiro atoms. The molecule has 0 radical (unpaired) electrons. The maximum Gasteiger partial charge on any atom is 0.267 e. The van der Waals surface area contributed by atoms with Crippen molar-refractivity contribution in [2.24, 2.45) is 9.98 Å². The number of anilines is 1. The molecule has 0 saturated heterocycles. The number of rotatable bonds is 0. The summed E-state index contributed by atoms with van der Waals surface area (Å²) < 4.78 is 0. The van der Waals surface area contributed by atoms with Crippen LogP contribution in [0.4, 0.5) is 11.4 Å². The first kappa shape index (κ1) is 9.79. The number of carbonyl (C=O) groups excluding carboxylic acids is 1. The van der Waals surface area contributed by atoms with Crippen molar-refractivity contribution < 1.29 is 4.79 Å². The van der Waals surface area contributed by atoms with Gasteiger partial charge >= 0.3 is 0 Å². The number of aliphatic imine (C=N–C) groups is 2. The van der Waals surface area contributed by atoms with Gasteiger partial charge in [0.1, 0.15) is 12.2 Å². The lowest BCUT2D eigenvalue weighted by Crippen LogP contribution is -2.30. The van der Waals surface area contributed by atoms with Crippen LogP contribution in [-0.4, -0.2) is 29.5 Å². The normalized spacial score (nSPS) is 16.7. The average molecular weight is 223 g/mol. The number of fused-ring (bicyclic) bond motifs is 3. The van der Waals surface area contributed by atoms with Gasteiger partial charge in [-0.25, -0.2) is 4.99 Å². The van der Waals surface area contributed by atoms with Gasteiger partial charge in [-0.3, -0.25) is 9.78 Å². The number of carbonyl (C=O) groups is 1. The highest BCUT2D eigenvalue weighted by Crippen LogP contribution is 2.31. The van der Waals surface area contributed by atoms with Crippen LogP contribution in [0.25, 0.3) is 0 Å². The van der Waals surface area contributed by atoms with E-state index >= 15 is 0 Å². The second-order valence-electron chi connectivity index (χ2n) is 3.07. The molecular weight excluding hydrogens is 216 g/mol. The van der Waals surface area contributed by atoms with Crippen LogP contribution < -0.4 is 4.90 Å². The molecule has 2 aliphatic rings. The molecule has 0 unspecified atom stereocenters. The van der Waals surface area contributed by atoms with Crippen molar-refractivity contribution in [2.45, 2.75) is 0 Å². The largest absolute Gasteiger partial charge is 0.313 e. The molecule has 3 rings (SSSR count). The lowest BCUT2D eigenvalue weighted by atomic mass is 10.2. The van der Waals surface area contributed by atoms with Crippen molar-refractivity contribution in [2.75, 3.05) is 11.4 Å². The monoisotopic (exact) mass is 222 g/mol. The third kappa shape index (κ3) is 1.41. The second kappa shape index (κ2) is 3.43. The molecule has 0 atom stereocenters. The van der Waals surface area contributed by atoms with E-state index in [4.69, 9.17) is 0 Å². The summed E-state index contributed by atoms with van der Waals surface area (Å²) in [6.07, 6.45) is 4.94. The quantitative estimate of drug-likeness (QED) is 0.657. The molecule has 1 aromatic heterocycles. The molecule has 0 fully saturated rings. The summed E-state index contributed by atoms with van der Waals surface area (Å²) >= 11 is 0. The van der Waals surface area contributed by atoms with Gasteiger partial charge < -0.3 is 4.90 Å². The molecule has 0 bridgehead atoms. The van der Waals surface area contributed by atoms with Crippen LogP contribution in [0, 0.1) is 0 Å². The Labute approximate surface area is 92.0 Å². The van der Waals surface area contributed by atoms with Crippen LogP contribution in [0.3, 0.4) is 0 Å². The lowest BCUT2D eigenvalue weighted by molar-refractivity contribution is -0.115. The Morgan fingerprint density at radius 1 is 1.40 bits per heavy atom. The maximum absolute atomic E-state index is 11.1. The Kier molecular flexibility index (Phi) is 2.24. The first-order valence-electron chi connectivity index (χ1n) is 4.22. The molecule has 6 heteroatoms. The first-order valence-corrected chi connectivity index (χ1v) is 4.22. The molecule has 2 aliphatic heterocycles. The molecule has 15 heavy (non-hydrogen) atoms. The number of nitrogens with zero attached hydrogens (tertiary/aromatic N) is 4.